The fourth-order valence-corrected chi connectivity index (χ4v) is 11.4. The van der Waals surface area contributed by atoms with E-state index >= 15 is 0 Å². The van der Waals surface area contributed by atoms with Gasteiger partial charge in [-0.2, -0.15) is 0 Å². The van der Waals surface area contributed by atoms with E-state index < -0.39 is 5.41 Å². The number of nitrogens with zero attached hydrogens (tertiary/aromatic N) is 1. The van der Waals surface area contributed by atoms with E-state index in [1.54, 1.807) is 0 Å². The van der Waals surface area contributed by atoms with Crippen molar-refractivity contribution in [2.45, 2.75) is 5.41 Å². The van der Waals surface area contributed by atoms with Gasteiger partial charge in [0.2, 0.25) is 0 Å². The quantitative estimate of drug-likeness (QED) is 0.132. The number of rotatable bonds is 10. The first kappa shape index (κ1) is 42.8. The number of benzene rings is 12. The van der Waals surface area contributed by atoms with Crippen LogP contribution in [-0.2, 0) is 5.41 Å². The van der Waals surface area contributed by atoms with Crippen LogP contribution in [0, 0.1) is 0 Å². The van der Waals surface area contributed by atoms with E-state index in [1.807, 2.05) is 0 Å². The highest BCUT2D eigenvalue weighted by molar-refractivity contribution is 5.98. The van der Waals surface area contributed by atoms with Gasteiger partial charge >= 0.3 is 0 Å². The van der Waals surface area contributed by atoms with Crippen molar-refractivity contribution in [3.63, 3.8) is 0 Å². The van der Waals surface area contributed by atoms with Crippen molar-refractivity contribution in [2.24, 2.45) is 0 Å². The average molecular weight is 916 g/mol. The molecular formula is C71H49N. The highest BCUT2D eigenvalue weighted by Crippen LogP contribution is 2.57. The molecule has 0 fully saturated rings. The van der Waals surface area contributed by atoms with Crippen LogP contribution in [0.5, 0.6) is 0 Å². The third kappa shape index (κ3) is 7.42. The summed E-state index contributed by atoms with van der Waals surface area (Å²) in [6, 6.07) is 109. The number of anilines is 3. The molecule has 0 unspecified atom stereocenters. The van der Waals surface area contributed by atoms with Crippen LogP contribution in [-0.4, -0.2) is 0 Å². The minimum atomic E-state index is -0.476. The Morgan fingerprint density at radius 1 is 0.236 bits per heavy atom. The van der Waals surface area contributed by atoms with Gasteiger partial charge in [0.1, 0.15) is 0 Å². The van der Waals surface area contributed by atoms with Crippen LogP contribution in [0.3, 0.4) is 0 Å². The summed E-state index contributed by atoms with van der Waals surface area (Å²) in [5.41, 5.74) is 22.2. The molecule has 1 aliphatic carbocycles. The minimum Gasteiger partial charge on any atom is -0.310 e. The van der Waals surface area contributed by atoms with Gasteiger partial charge in [0.05, 0.1) is 11.1 Å². The predicted octanol–water partition coefficient (Wildman–Crippen LogP) is 19.0. The Morgan fingerprint density at radius 2 is 0.694 bits per heavy atom. The monoisotopic (exact) mass is 915 g/mol. The molecule has 0 saturated heterocycles. The molecule has 0 spiro atoms. The second kappa shape index (κ2) is 18.2. The van der Waals surface area contributed by atoms with Gasteiger partial charge in [0, 0.05) is 16.9 Å². The van der Waals surface area contributed by atoms with Crippen molar-refractivity contribution >= 4 is 27.8 Å². The van der Waals surface area contributed by atoms with Gasteiger partial charge in [-0.3, -0.25) is 0 Å². The van der Waals surface area contributed by atoms with Crippen molar-refractivity contribution < 1.29 is 0 Å². The van der Waals surface area contributed by atoms with Gasteiger partial charge in [-0.1, -0.05) is 249 Å². The maximum atomic E-state index is 2.46. The molecule has 0 amide bonds. The van der Waals surface area contributed by atoms with Crippen LogP contribution in [0.4, 0.5) is 17.1 Å². The molecule has 0 bridgehead atoms. The Morgan fingerprint density at radius 3 is 1.38 bits per heavy atom. The number of hydrogen-bond donors (Lipinski definition) is 0. The summed E-state index contributed by atoms with van der Waals surface area (Å²) >= 11 is 0. The van der Waals surface area contributed by atoms with Crippen molar-refractivity contribution in [2.75, 3.05) is 4.90 Å². The van der Waals surface area contributed by atoms with E-state index in [0.717, 1.165) is 44.9 Å². The Labute approximate surface area is 422 Å². The molecule has 1 heteroatoms. The molecule has 0 aromatic heterocycles. The van der Waals surface area contributed by atoms with Crippen LogP contribution >= 0.6 is 0 Å². The summed E-state index contributed by atoms with van der Waals surface area (Å²) in [5.74, 6) is 0. The Bertz CT molecular complexity index is 3790. The minimum absolute atomic E-state index is 0.476. The first-order chi connectivity index (χ1) is 35.7. The fourth-order valence-electron chi connectivity index (χ4n) is 11.4. The van der Waals surface area contributed by atoms with Crippen molar-refractivity contribution in [1.82, 2.24) is 0 Å². The zero-order valence-electron chi connectivity index (χ0n) is 39.7. The second-order valence-corrected chi connectivity index (χ2v) is 18.8. The molecule has 0 heterocycles. The molecule has 1 aliphatic rings. The van der Waals surface area contributed by atoms with E-state index in [2.05, 4.69) is 302 Å². The van der Waals surface area contributed by atoms with Gasteiger partial charge in [-0.05, 0) is 143 Å². The van der Waals surface area contributed by atoms with Crippen LogP contribution < -0.4 is 4.90 Å². The van der Waals surface area contributed by atoms with Crippen LogP contribution in [0.1, 0.15) is 22.3 Å². The van der Waals surface area contributed by atoms with Crippen LogP contribution in [0.25, 0.3) is 77.5 Å². The summed E-state index contributed by atoms with van der Waals surface area (Å²) < 4.78 is 0. The Hall–Kier alpha value is -9.30. The Balaban J connectivity index is 0.984. The molecule has 1 nitrogen and oxygen atoms in total. The van der Waals surface area contributed by atoms with Crippen molar-refractivity contribution in [3.8, 4) is 66.8 Å². The average Bonchev–Trinajstić information content (AvgIpc) is 3.77. The van der Waals surface area contributed by atoms with E-state index in [4.69, 9.17) is 0 Å². The van der Waals surface area contributed by atoms with E-state index in [9.17, 15) is 0 Å². The molecule has 12 aromatic rings. The lowest BCUT2D eigenvalue weighted by molar-refractivity contribution is 0.769. The molecule has 0 saturated carbocycles. The summed E-state index contributed by atoms with van der Waals surface area (Å²) in [6.07, 6.45) is 0. The van der Waals surface area contributed by atoms with E-state index in [0.29, 0.717) is 0 Å². The van der Waals surface area contributed by atoms with E-state index in [-0.39, 0.29) is 0 Å². The summed E-state index contributed by atoms with van der Waals surface area (Å²) in [7, 11) is 0. The lowest BCUT2D eigenvalue weighted by atomic mass is 9.67. The van der Waals surface area contributed by atoms with E-state index in [1.165, 1.54) is 72.0 Å². The lowest BCUT2D eigenvalue weighted by Crippen LogP contribution is -2.28. The summed E-state index contributed by atoms with van der Waals surface area (Å²) in [5, 5.41) is 2.48. The molecule has 0 atom stereocenters. The number of hydrogen-bond acceptors (Lipinski definition) is 1. The van der Waals surface area contributed by atoms with Crippen molar-refractivity contribution in [3.05, 3.63) is 320 Å². The number of fused-ring (bicyclic) bond motifs is 4. The predicted molar refractivity (Wildman–Crippen MR) is 303 cm³/mol. The highest BCUT2D eigenvalue weighted by Gasteiger charge is 2.46. The molecule has 0 radical (unpaired) electrons. The second-order valence-electron chi connectivity index (χ2n) is 18.8. The van der Waals surface area contributed by atoms with Gasteiger partial charge in [0.25, 0.3) is 0 Å². The summed E-state index contributed by atoms with van der Waals surface area (Å²) in [6.45, 7) is 0. The van der Waals surface area contributed by atoms with Gasteiger partial charge in [-0.15, -0.1) is 0 Å². The third-order valence-electron chi connectivity index (χ3n) is 14.7. The third-order valence-corrected chi connectivity index (χ3v) is 14.7. The SMILES string of the molecule is c1ccc(-c2cc(-c3ccccc3)cc(N(c3ccc(-c4ccc5c(c4)C(c4ccccc4)(c4ccccc4)c4ccccc4-5)cc3)c3ccccc3-c3cccc(-c4cccc5ccccc45)c3)c2)cc1. The standard InChI is InChI=1S/C71H49N/c1-5-21-50(22-6-1)57-46-58(51-23-7-2-8-24-51)48-62(47-57)72(70-38-18-16-34-65(70)56-28-19-27-55(45-56)64-36-20-26-53-25-13-14-33-63(53)64)61-42-39-52(40-43-61)54-41-44-67-66-35-15-17-37-68(66)71(69(67)49-54,59-29-9-3-10-30-59)60-31-11-4-12-32-60/h1-49H. The first-order valence-electron chi connectivity index (χ1n) is 24.9. The normalized spacial score (nSPS) is 12.3. The number of para-hydroxylation sites is 1. The van der Waals surface area contributed by atoms with Crippen LogP contribution in [0.2, 0.25) is 0 Å². The van der Waals surface area contributed by atoms with Gasteiger partial charge < -0.3 is 4.90 Å². The molecule has 338 valence electrons. The zero-order chi connectivity index (χ0) is 47.8. The Kier molecular flexibility index (Phi) is 10.8. The molecular weight excluding hydrogens is 867 g/mol. The lowest BCUT2D eigenvalue weighted by Gasteiger charge is -2.34. The van der Waals surface area contributed by atoms with Gasteiger partial charge in [0.15, 0.2) is 0 Å². The van der Waals surface area contributed by atoms with Crippen LogP contribution in [0.15, 0.2) is 297 Å². The maximum Gasteiger partial charge on any atom is 0.0713 e. The van der Waals surface area contributed by atoms with Gasteiger partial charge in [-0.25, -0.2) is 0 Å². The maximum absolute atomic E-state index is 2.46. The largest absolute Gasteiger partial charge is 0.310 e. The first-order valence-corrected chi connectivity index (χ1v) is 24.9. The fraction of sp³-hybridized carbons (Fsp3) is 0.0141. The molecule has 0 N–H and O–H groups in total. The molecule has 72 heavy (non-hydrogen) atoms. The van der Waals surface area contributed by atoms with Crippen molar-refractivity contribution in [1.29, 1.82) is 0 Å². The molecule has 12 aromatic carbocycles. The smallest absolute Gasteiger partial charge is 0.0713 e. The molecule has 0 aliphatic heterocycles. The summed E-state index contributed by atoms with van der Waals surface area (Å²) in [4.78, 5) is 2.46. The highest BCUT2D eigenvalue weighted by atomic mass is 15.1. The topological polar surface area (TPSA) is 3.24 Å². The zero-order valence-corrected chi connectivity index (χ0v) is 39.7. The molecule has 13 rings (SSSR count).